The van der Waals surface area contributed by atoms with Gasteiger partial charge in [0.05, 0.1) is 16.5 Å². The van der Waals surface area contributed by atoms with Crippen molar-refractivity contribution in [3.8, 4) is 0 Å². The fourth-order valence-electron chi connectivity index (χ4n) is 3.70. The molecular weight excluding hydrogens is 444 g/mol. The highest BCUT2D eigenvalue weighted by Gasteiger charge is 2.45. The number of amides is 1. The van der Waals surface area contributed by atoms with Gasteiger partial charge in [-0.05, 0) is 63.0 Å². The monoisotopic (exact) mass is 472 g/mol. The Kier molecular flexibility index (Phi) is 7.31. The van der Waals surface area contributed by atoms with Gasteiger partial charge in [0, 0.05) is 38.6 Å². The summed E-state index contributed by atoms with van der Waals surface area (Å²) in [6, 6.07) is 8.23. The van der Waals surface area contributed by atoms with Crippen LogP contribution in [0.25, 0.3) is 5.76 Å². The van der Waals surface area contributed by atoms with Crippen molar-refractivity contribution in [2.24, 2.45) is 0 Å². The number of carbonyl (C=O) groups is 2. The number of hydrogen-bond donors (Lipinski definition) is 1. The van der Waals surface area contributed by atoms with Gasteiger partial charge in [-0.25, -0.2) is 12.7 Å². The van der Waals surface area contributed by atoms with Crippen LogP contribution in [0.4, 0.5) is 0 Å². The van der Waals surface area contributed by atoms with E-state index < -0.39 is 27.8 Å². The van der Waals surface area contributed by atoms with E-state index in [1.165, 1.54) is 43.3 Å². The number of likely N-dealkylation sites (tertiary alicyclic amines) is 1. The highest BCUT2D eigenvalue weighted by Crippen LogP contribution is 2.39. The molecule has 9 nitrogen and oxygen atoms in total. The highest BCUT2D eigenvalue weighted by atomic mass is 32.2. The third-order valence-electron chi connectivity index (χ3n) is 5.45. The fraction of sp³-hybridized carbons (Fsp3) is 0.348. The SMILES string of the molecule is CN(C)CCCN1C(=O)C(=O)C(=C(O)c2ccc(S(=O)(=O)N(C)C)cc2)[C@H]1c1cccnc1. The van der Waals surface area contributed by atoms with Gasteiger partial charge < -0.3 is 14.9 Å². The molecule has 1 aliphatic rings. The number of carbonyl (C=O) groups excluding carboxylic acids is 2. The molecule has 0 saturated carbocycles. The lowest BCUT2D eigenvalue weighted by Crippen LogP contribution is -2.32. The molecule has 1 saturated heterocycles. The predicted molar refractivity (Wildman–Crippen MR) is 124 cm³/mol. The third kappa shape index (κ3) is 4.97. The predicted octanol–water partition coefficient (Wildman–Crippen LogP) is 1.71. The Hall–Kier alpha value is -3.08. The van der Waals surface area contributed by atoms with Crippen LogP contribution in [0.1, 0.15) is 23.6 Å². The number of benzene rings is 1. The average Bonchev–Trinajstić information content (AvgIpc) is 3.04. The quantitative estimate of drug-likeness (QED) is 0.354. The summed E-state index contributed by atoms with van der Waals surface area (Å²) in [7, 11) is 3.05. The molecule has 10 heteroatoms. The van der Waals surface area contributed by atoms with Gasteiger partial charge in [0.25, 0.3) is 11.7 Å². The lowest BCUT2D eigenvalue weighted by Gasteiger charge is -2.25. The molecule has 0 spiro atoms. The van der Waals surface area contributed by atoms with Gasteiger partial charge in [-0.3, -0.25) is 14.6 Å². The Bertz CT molecular complexity index is 1160. The molecule has 0 bridgehead atoms. The molecule has 33 heavy (non-hydrogen) atoms. The van der Waals surface area contributed by atoms with Crippen molar-refractivity contribution in [1.29, 1.82) is 0 Å². The van der Waals surface area contributed by atoms with Gasteiger partial charge in [-0.15, -0.1) is 0 Å². The number of pyridine rings is 1. The summed E-state index contributed by atoms with van der Waals surface area (Å²) in [5.74, 6) is -1.82. The van der Waals surface area contributed by atoms with E-state index in [0.29, 0.717) is 18.5 Å². The molecule has 1 aromatic heterocycles. The maximum absolute atomic E-state index is 13.0. The second kappa shape index (κ2) is 9.82. The Balaban J connectivity index is 2.06. The van der Waals surface area contributed by atoms with Crippen LogP contribution in [0.5, 0.6) is 0 Å². The van der Waals surface area contributed by atoms with E-state index in [-0.39, 0.29) is 21.8 Å². The molecule has 0 unspecified atom stereocenters. The highest BCUT2D eigenvalue weighted by molar-refractivity contribution is 7.89. The molecular formula is C23H28N4O5S. The minimum absolute atomic E-state index is 0.0407. The molecule has 1 aromatic carbocycles. The summed E-state index contributed by atoms with van der Waals surface area (Å²) in [5.41, 5.74) is 0.809. The summed E-state index contributed by atoms with van der Waals surface area (Å²) in [6.07, 6.45) is 3.80. The topological polar surface area (TPSA) is 111 Å². The molecule has 1 fully saturated rings. The standard InChI is InChI=1S/C23H28N4O5S/c1-25(2)13-6-14-27-20(17-7-5-12-24-15-17)19(22(29)23(27)30)21(28)16-8-10-18(11-9-16)33(31,32)26(3)4/h5,7-12,15,20,28H,6,13-14H2,1-4H3/t20-/m1/s1. The van der Waals surface area contributed by atoms with Crippen LogP contribution < -0.4 is 0 Å². The minimum Gasteiger partial charge on any atom is -0.507 e. The Labute approximate surface area is 194 Å². The first-order valence-electron chi connectivity index (χ1n) is 10.4. The maximum atomic E-state index is 13.0. The molecule has 1 aliphatic heterocycles. The van der Waals surface area contributed by atoms with E-state index in [0.717, 1.165) is 10.8 Å². The van der Waals surface area contributed by atoms with E-state index >= 15 is 0 Å². The van der Waals surface area contributed by atoms with Crippen LogP contribution in [0, 0.1) is 0 Å². The molecule has 1 atom stereocenters. The zero-order valence-corrected chi connectivity index (χ0v) is 19.9. The number of Topliss-reactive ketones (excluding diaryl/α,β-unsaturated/α-hetero) is 1. The van der Waals surface area contributed by atoms with Crippen molar-refractivity contribution in [2.45, 2.75) is 17.4 Å². The van der Waals surface area contributed by atoms with Gasteiger partial charge in [-0.1, -0.05) is 6.07 Å². The van der Waals surface area contributed by atoms with E-state index in [2.05, 4.69) is 4.98 Å². The first-order valence-corrected chi connectivity index (χ1v) is 11.9. The molecule has 0 radical (unpaired) electrons. The second-order valence-electron chi connectivity index (χ2n) is 8.25. The van der Waals surface area contributed by atoms with E-state index in [4.69, 9.17) is 0 Å². The summed E-state index contributed by atoms with van der Waals surface area (Å²) in [4.78, 5) is 33.5. The van der Waals surface area contributed by atoms with Gasteiger partial charge >= 0.3 is 0 Å². The first kappa shape index (κ1) is 24.6. The first-order chi connectivity index (χ1) is 15.6. The largest absolute Gasteiger partial charge is 0.507 e. The normalized spacial score (nSPS) is 18.5. The molecule has 2 heterocycles. The van der Waals surface area contributed by atoms with E-state index in [1.54, 1.807) is 24.5 Å². The minimum atomic E-state index is -3.64. The van der Waals surface area contributed by atoms with Gasteiger partial charge in [0.15, 0.2) is 0 Å². The summed E-state index contributed by atoms with van der Waals surface area (Å²) < 4.78 is 25.7. The molecule has 176 valence electrons. The number of hydrogen-bond acceptors (Lipinski definition) is 7. The van der Waals surface area contributed by atoms with Gasteiger partial charge in [-0.2, -0.15) is 0 Å². The molecule has 0 aliphatic carbocycles. The third-order valence-corrected chi connectivity index (χ3v) is 7.28. The lowest BCUT2D eigenvalue weighted by molar-refractivity contribution is -0.139. The van der Waals surface area contributed by atoms with Crippen LogP contribution in [0.15, 0.2) is 59.3 Å². The zero-order chi connectivity index (χ0) is 24.3. The van der Waals surface area contributed by atoms with Crippen LogP contribution in [0.2, 0.25) is 0 Å². The van der Waals surface area contributed by atoms with Crippen LogP contribution in [-0.4, -0.2) is 85.6 Å². The fourth-order valence-corrected chi connectivity index (χ4v) is 4.60. The Morgan fingerprint density at radius 2 is 1.76 bits per heavy atom. The van der Waals surface area contributed by atoms with Gasteiger partial charge in [0.2, 0.25) is 10.0 Å². The maximum Gasteiger partial charge on any atom is 0.295 e. The number of sulfonamides is 1. The smallest absolute Gasteiger partial charge is 0.295 e. The lowest BCUT2D eigenvalue weighted by atomic mass is 9.96. The van der Waals surface area contributed by atoms with E-state index in [1.807, 2.05) is 19.0 Å². The summed E-state index contributed by atoms with van der Waals surface area (Å²) in [6.45, 7) is 1.06. The van der Waals surface area contributed by atoms with Crippen LogP contribution in [0.3, 0.4) is 0 Å². The van der Waals surface area contributed by atoms with Crippen molar-refractivity contribution in [2.75, 3.05) is 41.3 Å². The zero-order valence-electron chi connectivity index (χ0n) is 19.1. The molecule has 3 rings (SSSR count). The molecule has 2 aromatic rings. The summed E-state index contributed by atoms with van der Waals surface area (Å²) >= 11 is 0. The van der Waals surface area contributed by atoms with Crippen molar-refractivity contribution in [3.63, 3.8) is 0 Å². The number of nitrogens with zero attached hydrogens (tertiary/aromatic N) is 4. The van der Waals surface area contributed by atoms with Crippen molar-refractivity contribution in [1.82, 2.24) is 19.1 Å². The Morgan fingerprint density at radius 1 is 1.09 bits per heavy atom. The van der Waals surface area contributed by atoms with Crippen molar-refractivity contribution in [3.05, 3.63) is 65.5 Å². The Morgan fingerprint density at radius 3 is 2.30 bits per heavy atom. The van der Waals surface area contributed by atoms with Crippen LogP contribution in [-0.2, 0) is 19.6 Å². The van der Waals surface area contributed by atoms with Crippen LogP contribution >= 0.6 is 0 Å². The van der Waals surface area contributed by atoms with E-state index in [9.17, 15) is 23.1 Å². The second-order valence-corrected chi connectivity index (χ2v) is 10.4. The number of aliphatic hydroxyl groups is 1. The van der Waals surface area contributed by atoms with Crippen molar-refractivity contribution >= 4 is 27.5 Å². The number of aliphatic hydroxyl groups excluding tert-OH is 1. The molecule has 1 amide bonds. The molecule has 1 N–H and O–H groups in total. The van der Waals surface area contributed by atoms with Gasteiger partial charge in [0.1, 0.15) is 5.76 Å². The number of aromatic nitrogens is 1. The summed E-state index contributed by atoms with van der Waals surface area (Å²) in [5, 5.41) is 11.1. The number of rotatable bonds is 8. The van der Waals surface area contributed by atoms with Crippen molar-refractivity contribution < 1.29 is 23.1 Å². The average molecular weight is 473 g/mol. The number of ketones is 1.